The van der Waals surface area contributed by atoms with Gasteiger partial charge in [-0.25, -0.2) is 0 Å². The van der Waals surface area contributed by atoms with Crippen molar-refractivity contribution in [1.29, 1.82) is 5.26 Å². The number of amides is 1. The number of nitrogens with one attached hydrogen (secondary N) is 1. The Kier molecular flexibility index (Phi) is 4.35. The van der Waals surface area contributed by atoms with E-state index >= 15 is 0 Å². The van der Waals surface area contributed by atoms with Crippen LogP contribution >= 0.6 is 11.3 Å². The number of hydrogen-bond acceptors (Lipinski definition) is 4. The molecule has 1 aliphatic rings. The van der Waals surface area contributed by atoms with Gasteiger partial charge in [0, 0.05) is 4.88 Å². The molecule has 0 saturated heterocycles. The van der Waals surface area contributed by atoms with E-state index in [1.807, 2.05) is 26.0 Å². The molecule has 1 N–H and O–H groups in total. The monoisotopic (exact) mass is 326 g/mol. The molecule has 0 spiro atoms. The number of nitriles is 1. The van der Waals surface area contributed by atoms with Crippen LogP contribution in [0.15, 0.2) is 18.2 Å². The van der Waals surface area contributed by atoms with Crippen LogP contribution in [0.1, 0.15) is 33.6 Å². The molecule has 1 aliphatic carbocycles. The molecule has 4 nitrogen and oxygen atoms in total. The predicted octanol–water partition coefficient (Wildman–Crippen LogP) is 3.74. The van der Waals surface area contributed by atoms with Gasteiger partial charge in [-0.15, -0.1) is 11.3 Å². The molecule has 0 radical (unpaired) electrons. The van der Waals surface area contributed by atoms with Crippen LogP contribution in [0.5, 0.6) is 5.75 Å². The van der Waals surface area contributed by atoms with E-state index < -0.39 is 0 Å². The Labute approximate surface area is 139 Å². The van der Waals surface area contributed by atoms with Crippen LogP contribution in [0, 0.1) is 25.2 Å². The molecule has 0 saturated carbocycles. The van der Waals surface area contributed by atoms with Gasteiger partial charge in [0.25, 0.3) is 5.91 Å². The van der Waals surface area contributed by atoms with Gasteiger partial charge in [-0.3, -0.25) is 4.79 Å². The molecule has 0 unspecified atom stereocenters. The summed E-state index contributed by atoms with van der Waals surface area (Å²) in [5.74, 6) is 0.451. The van der Waals surface area contributed by atoms with Crippen LogP contribution in [0.3, 0.4) is 0 Å². The molecular weight excluding hydrogens is 308 g/mol. The summed E-state index contributed by atoms with van der Waals surface area (Å²) in [7, 11) is 0. The van der Waals surface area contributed by atoms with Gasteiger partial charge >= 0.3 is 0 Å². The number of carbonyl (C=O) groups is 1. The SMILES string of the molecule is Cc1cc(C)cc(OCC(=O)Nc2sc3c(c2C#N)CCC3)c1. The van der Waals surface area contributed by atoms with Crippen LogP contribution in [-0.4, -0.2) is 12.5 Å². The first-order chi connectivity index (χ1) is 11.1. The second kappa shape index (κ2) is 6.43. The highest BCUT2D eigenvalue weighted by molar-refractivity contribution is 7.16. The first kappa shape index (κ1) is 15.6. The maximum absolute atomic E-state index is 12.1. The molecule has 1 amide bonds. The Bertz CT molecular complexity index is 782. The van der Waals surface area contributed by atoms with Crippen molar-refractivity contribution in [3.8, 4) is 11.8 Å². The normalized spacial score (nSPS) is 12.6. The fraction of sp³-hybridized carbons (Fsp3) is 0.333. The minimum absolute atomic E-state index is 0.0592. The van der Waals surface area contributed by atoms with E-state index in [2.05, 4.69) is 17.5 Å². The van der Waals surface area contributed by atoms with Crippen molar-refractivity contribution in [1.82, 2.24) is 0 Å². The number of nitrogens with zero attached hydrogens (tertiary/aromatic N) is 1. The fourth-order valence-corrected chi connectivity index (χ4v) is 4.19. The van der Waals surface area contributed by atoms with Crippen LogP contribution < -0.4 is 10.1 Å². The molecule has 2 aromatic rings. The van der Waals surface area contributed by atoms with Gasteiger partial charge in [-0.1, -0.05) is 6.07 Å². The number of fused-ring (bicyclic) bond motifs is 1. The van der Waals surface area contributed by atoms with Gasteiger partial charge in [0.1, 0.15) is 16.8 Å². The summed E-state index contributed by atoms with van der Waals surface area (Å²) in [6.45, 7) is 3.93. The topological polar surface area (TPSA) is 62.1 Å². The lowest BCUT2D eigenvalue weighted by Gasteiger charge is -2.08. The minimum atomic E-state index is -0.236. The number of anilines is 1. The zero-order valence-corrected chi connectivity index (χ0v) is 14.0. The van der Waals surface area contributed by atoms with Crippen molar-refractivity contribution in [2.24, 2.45) is 0 Å². The smallest absolute Gasteiger partial charge is 0.262 e. The molecule has 0 fully saturated rings. The van der Waals surface area contributed by atoms with Crippen molar-refractivity contribution in [2.75, 3.05) is 11.9 Å². The molecule has 1 aromatic heterocycles. The Balaban J connectivity index is 1.65. The lowest BCUT2D eigenvalue weighted by Crippen LogP contribution is -2.20. The minimum Gasteiger partial charge on any atom is -0.484 e. The van der Waals surface area contributed by atoms with E-state index in [-0.39, 0.29) is 12.5 Å². The highest BCUT2D eigenvalue weighted by Gasteiger charge is 2.23. The van der Waals surface area contributed by atoms with Gasteiger partial charge in [0.05, 0.1) is 5.56 Å². The van der Waals surface area contributed by atoms with E-state index in [0.717, 1.165) is 36.0 Å². The average Bonchev–Trinajstić information content (AvgIpc) is 3.04. The Morgan fingerprint density at radius 1 is 1.30 bits per heavy atom. The predicted molar refractivity (Wildman–Crippen MR) is 91.1 cm³/mol. The lowest BCUT2D eigenvalue weighted by atomic mass is 10.1. The van der Waals surface area contributed by atoms with E-state index in [1.54, 1.807) is 0 Å². The van der Waals surface area contributed by atoms with Crippen LogP contribution in [-0.2, 0) is 17.6 Å². The molecule has 0 atom stereocenters. The van der Waals surface area contributed by atoms with E-state index in [1.165, 1.54) is 16.2 Å². The van der Waals surface area contributed by atoms with Gasteiger partial charge in [-0.2, -0.15) is 5.26 Å². The van der Waals surface area contributed by atoms with E-state index in [9.17, 15) is 10.1 Å². The molecule has 23 heavy (non-hydrogen) atoms. The van der Waals surface area contributed by atoms with Crippen molar-refractivity contribution >= 4 is 22.2 Å². The van der Waals surface area contributed by atoms with E-state index in [0.29, 0.717) is 16.3 Å². The number of benzene rings is 1. The maximum atomic E-state index is 12.1. The number of ether oxygens (including phenoxy) is 1. The largest absolute Gasteiger partial charge is 0.484 e. The molecule has 3 rings (SSSR count). The summed E-state index contributed by atoms with van der Waals surface area (Å²) >= 11 is 1.52. The summed E-state index contributed by atoms with van der Waals surface area (Å²) in [5, 5.41) is 12.8. The fourth-order valence-electron chi connectivity index (χ4n) is 2.94. The first-order valence-corrected chi connectivity index (χ1v) is 8.44. The van der Waals surface area contributed by atoms with Gasteiger partial charge in [0.15, 0.2) is 6.61 Å². The van der Waals surface area contributed by atoms with Crippen molar-refractivity contribution in [3.63, 3.8) is 0 Å². The number of rotatable bonds is 4. The van der Waals surface area contributed by atoms with Gasteiger partial charge < -0.3 is 10.1 Å². The first-order valence-electron chi connectivity index (χ1n) is 7.62. The Morgan fingerprint density at radius 3 is 2.74 bits per heavy atom. The molecule has 1 aromatic carbocycles. The van der Waals surface area contributed by atoms with Crippen LogP contribution in [0.25, 0.3) is 0 Å². The summed E-state index contributed by atoms with van der Waals surface area (Å²) in [6.07, 6.45) is 3.03. The molecular formula is C18H18N2O2S. The lowest BCUT2D eigenvalue weighted by molar-refractivity contribution is -0.118. The van der Waals surface area contributed by atoms with Crippen molar-refractivity contribution in [3.05, 3.63) is 45.3 Å². The van der Waals surface area contributed by atoms with Gasteiger partial charge in [-0.05, 0) is 61.9 Å². The second-order valence-electron chi connectivity index (χ2n) is 5.83. The number of hydrogen-bond donors (Lipinski definition) is 1. The highest BCUT2D eigenvalue weighted by atomic mass is 32.1. The number of aryl methyl sites for hydroxylation is 3. The maximum Gasteiger partial charge on any atom is 0.262 e. The third-order valence-electron chi connectivity index (χ3n) is 3.85. The standard InChI is InChI=1S/C18H18N2O2S/c1-11-6-12(2)8-13(7-11)22-10-17(21)20-18-15(9-19)14-4-3-5-16(14)23-18/h6-8H,3-5,10H2,1-2H3,(H,20,21). The van der Waals surface area contributed by atoms with E-state index in [4.69, 9.17) is 4.74 Å². The zero-order valence-electron chi connectivity index (χ0n) is 13.2. The quantitative estimate of drug-likeness (QED) is 0.931. The number of carbonyl (C=O) groups excluding carboxylic acids is 1. The summed E-state index contributed by atoms with van der Waals surface area (Å²) in [5.41, 5.74) is 3.94. The molecule has 118 valence electrons. The van der Waals surface area contributed by atoms with Crippen molar-refractivity contribution in [2.45, 2.75) is 33.1 Å². The summed E-state index contributed by atoms with van der Waals surface area (Å²) in [4.78, 5) is 13.3. The number of thiophene rings is 1. The summed E-state index contributed by atoms with van der Waals surface area (Å²) < 4.78 is 5.56. The Morgan fingerprint density at radius 2 is 2.04 bits per heavy atom. The third-order valence-corrected chi connectivity index (χ3v) is 5.06. The third kappa shape index (κ3) is 3.38. The Hall–Kier alpha value is -2.32. The molecule has 0 aliphatic heterocycles. The molecule has 0 bridgehead atoms. The molecule has 5 heteroatoms. The van der Waals surface area contributed by atoms with Gasteiger partial charge in [0.2, 0.25) is 0 Å². The zero-order chi connectivity index (χ0) is 16.4. The average molecular weight is 326 g/mol. The highest BCUT2D eigenvalue weighted by Crippen LogP contribution is 2.38. The van der Waals surface area contributed by atoms with Crippen molar-refractivity contribution < 1.29 is 9.53 Å². The van der Waals surface area contributed by atoms with Crippen LogP contribution in [0.2, 0.25) is 0 Å². The van der Waals surface area contributed by atoms with Crippen LogP contribution in [0.4, 0.5) is 5.00 Å². The molecule has 1 heterocycles. The summed E-state index contributed by atoms with van der Waals surface area (Å²) in [6, 6.07) is 8.09. The second-order valence-corrected chi connectivity index (χ2v) is 6.94.